The van der Waals surface area contributed by atoms with Crippen LogP contribution in [0, 0.1) is 0 Å². The summed E-state index contributed by atoms with van der Waals surface area (Å²) in [6.07, 6.45) is 3.81. The fourth-order valence-electron chi connectivity index (χ4n) is 1.08. The molecule has 56 valence electrons. The second kappa shape index (κ2) is 2.27. The molecule has 0 bridgehead atoms. The number of methoxy groups -OCH3 is 1. The molecule has 2 heterocycles. The van der Waals surface area contributed by atoms with Crippen molar-refractivity contribution in [2.24, 2.45) is 0 Å². The van der Waals surface area contributed by atoms with Crippen LogP contribution in [-0.4, -0.2) is 12.1 Å². The molecule has 2 aromatic rings. The molecule has 0 aromatic carbocycles. The van der Waals surface area contributed by atoms with Crippen LogP contribution in [0.25, 0.3) is 10.9 Å². The molecule has 0 aliphatic carbocycles. The standard InChI is InChI=1S/C8H8N2O/c1-11-8-4-7-6(5-10-8)2-3-9-7/h2-5,9H,1H3/p+1. The maximum absolute atomic E-state index is 5.02. The number of hydrogen-bond acceptors (Lipinski definition) is 1. The normalized spacial score (nSPS) is 10.3. The highest BCUT2D eigenvalue weighted by molar-refractivity contribution is 5.77. The molecule has 0 amide bonds. The third kappa shape index (κ3) is 0.941. The molecule has 2 aromatic heterocycles. The number of aromatic nitrogens is 2. The van der Waals surface area contributed by atoms with Gasteiger partial charge < -0.3 is 9.72 Å². The summed E-state index contributed by atoms with van der Waals surface area (Å²) in [5.74, 6) is 0.764. The first-order valence-corrected chi connectivity index (χ1v) is 3.43. The third-order valence-electron chi connectivity index (χ3n) is 1.68. The van der Waals surface area contributed by atoms with Gasteiger partial charge in [-0.3, -0.25) is 0 Å². The summed E-state index contributed by atoms with van der Waals surface area (Å²) in [5, 5.41) is 1.16. The number of pyridine rings is 1. The van der Waals surface area contributed by atoms with Crippen molar-refractivity contribution in [3.8, 4) is 5.88 Å². The van der Waals surface area contributed by atoms with Crippen LogP contribution >= 0.6 is 0 Å². The SMILES string of the molecule is COc1cc2[nH]ccc2c[nH+]1. The fourth-order valence-corrected chi connectivity index (χ4v) is 1.08. The van der Waals surface area contributed by atoms with Crippen LogP contribution in [-0.2, 0) is 0 Å². The van der Waals surface area contributed by atoms with Crippen molar-refractivity contribution >= 4 is 10.9 Å². The van der Waals surface area contributed by atoms with Gasteiger partial charge in [-0.2, -0.15) is 4.98 Å². The van der Waals surface area contributed by atoms with Gasteiger partial charge >= 0.3 is 5.88 Å². The highest BCUT2D eigenvalue weighted by atomic mass is 16.5. The van der Waals surface area contributed by atoms with Crippen LogP contribution in [0.3, 0.4) is 0 Å². The Kier molecular flexibility index (Phi) is 1.28. The highest BCUT2D eigenvalue weighted by Gasteiger charge is 2.02. The van der Waals surface area contributed by atoms with E-state index in [0.29, 0.717) is 0 Å². The zero-order chi connectivity index (χ0) is 7.68. The van der Waals surface area contributed by atoms with Crippen LogP contribution in [0.2, 0.25) is 0 Å². The first-order chi connectivity index (χ1) is 5.40. The lowest BCUT2D eigenvalue weighted by atomic mass is 10.3. The Bertz CT molecular complexity index is 367. The quantitative estimate of drug-likeness (QED) is 0.645. The van der Waals surface area contributed by atoms with E-state index in [2.05, 4.69) is 9.97 Å². The molecule has 0 unspecified atom stereocenters. The Hall–Kier alpha value is -1.51. The number of fused-ring (bicyclic) bond motifs is 1. The van der Waals surface area contributed by atoms with Crippen LogP contribution in [0.1, 0.15) is 0 Å². The van der Waals surface area contributed by atoms with Gasteiger partial charge in [-0.1, -0.05) is 0 Å². The molecule has 0 spiro atoms. The summed E-state index contributed by atoms with van der Waals surface area (Å²) in [4.78, 5) is 6.10. The second-order valence-electron chi connectivity index (χ2n) is 2.35. The van der Waals surface area contributed by atoms with Crippen molar-refractivity contribution in [2.75, 3.05) is 7.11 Å². The van der Waals surface area contributed by atoms with E-state index < -0.39 is 0 Å². The Morgan fingerprint density at radius 1 is 1.55 bits per heavy atom. The molecule has 0 radical (unpaired) electrons. The number of H-pyrrole nitrogens is 2. The summed E-state index contributed by atoms with van der Waals surface area (Å²) in [6, 6.07) is 3.93. The maximum Gasteiger partial charge on any atom is 0.367 e. The van der Waals surface area contributed by atoms with Crippen molar-refractivity contribution in [1.82, 2.24) is 4.98 Å². The lowest BCUT2D eigenvalue weighted by molar-refractivity contribution is -0.390. The van der Waals surface area contributed by atoms with E-state index in [1.165, 1.54) is 0 Å². The van der Waals surface area contributed by atoms with Gasteiger partial charge in [0.1, 0.15) is 0 Å². The zero-order valence-corrected chi connectivity index (χ0v) is 6.22. The van der Waals surface area contributed by atoms with Crippen LogP contribution in [0.5, 0.6) is 5.88 Å². The van der Waals surface area contributed by atoms with Gasteiger partial charge in [0.25, 0.3) is 0 Å². The van der Waals surface area contributed by atoms with E-state index in [4.69, 9.17) is 4.74 Å². The van der Waals surface area contributed by atoms with E-state index in [9.17, 15) is 0 Å². The van der Waals surface area contributed by atoms with Crippen molar-refractivity contribution in [1.29, 1.82) is 0 Å². The van der Waals surface area contributed by atoms with Crippen LogP contribution in [0.15, 0.2) is 24.5 Å². The number of ether oxygens (including phenoxy) is 1. The van der Waals surface area contributed by atoms with Crippen molar-refractivity contribution < 1.29 is 9.72 Å². The molecule has 2 N–H and O–H groups in total. The average Bonchev–Trinajstić information content (AvgIpc) is 2.50. The number of hydrogen-bond donors (Lipinski definition) is 1. The lowest BCUT2D eigenvalue weighted by Crippen LogP contribution is -2.05. The van der Waals surface area contributed by atoms with E-state index in [0.717, 1.165) is 16.8 Å². The molecular weight excluding hydrogens is 140 g/mol. The molecule has 3 nitrogen and oxygen atoms in total. The molecule has 11 heavy (non-hydrogen) atoms. The number of nitrogens with one attached hydrogen (secondary N) is 2. The fraction of sp³-hybridized carbons (Fsp3) is 0.125. The summed E-state index contributed by atoms with van der Waals surface area (Å²) in [7, 11) is 1.64. The topological polar surface area (TPSA) is 39.2 Å². The van der Waals surface area contributed by atoms with E-state index in [1.807, 2.05) is 24.5 Å². The highest BCUT2D eigenvalue weighted by Crippen LogP contribution is 2.12. The zero-order valence-electron chi connectivity index (χ0n) is 6.22. The van der Waals surface area contributed by atoms with E-state index in [-0.39, 0.29) is 0 Å². The summed E-state index contributed by atoms with van der Waals surface area (Å²) in [6.45, 7) is 0. The molecule has 2 rings (SSSR count). The molecule has 0 aliphatic heterocycles. The lowest BCUT2D eigenvalue weighted by Gasteiger charge is -1.89. The van der Waals surface area contributed by atoms with E-state index >= 15 is 0 Å². The Labute approximate surface area is 64.0 Å². The van der Waals surface area contributed by atoms with Gasteiger partial charge in [0.05, 0.1) is 24.1 Å². The number of aromatic amines is 2. The second-order valence-corrected chi connectivity index (χ2v) is 2.35. The molecule has 0 saturated heterocycles. The Morgan fingerprint density at radius 3 is 3.27 bits per heavy atom. The average molecular weight is 149 g/mol. The van der Waals surface area contributed by atoms with Crippen LogP contribution in [0.4, 0.5) is 0 Å². The van der Waals surface area contributed by atoms with Gasteiger partial charge in [-0.25, -0.2) is 0 Å². The van der Waals surface area contributed by atoms with Gasteiger partial charge in [0, 0.05) is 6.20 Å². The molecule has 3 heteroatoms. The Balaban J connectivity index is 2.67. The minimum atomic E-state index is 0.764. The van der Waals surface area contributed by atoms with Crippen LogP contribution < -0.4 is 9.72 Å². The molecule has 0 saturated carbocycles. The van der Waals surface area contributed by atoms with Crippen molar-refractivity contribution in [2.45, 2.75) is 0 Å². The van der Waals surface area contributed by atoms with Gasteiger partial charge in [-0.05, 0) is 6.07 Å². The largest absolute Gasteiger partial charge is 0.448 e. The summed E-state index contributed by atoms with van der Waals surface area (Å²) < 4.78 is 5.02. The maximum atomic E-state index is 5.02. The van der Waals surface area contributed by atoms with Gasteiger partial charge in [0.15, 0.2) is 6.20 Å². The van der Waals surface area contributed by atoms with Gasteiger partial charge in [0.2, 0.25) is 0 Å². The number of rotatable bonds is 1. The summed E-state index contributed by atoms with van der Waals surface area (Å²) in [5.41, 5.74) is 1.08. The van der Waals surface area contributed by atoms with Crippen molar-refractivity contribution in [3.63, 3.8) is 0 Å². The smallest absolute Gasteiger partial charge is 0.367 e. The predicted octanol–water partition coefficient (Wildman–Crippen LogP) is 0.991. The monoisotopic (exact) mass is 149 g/mol. The first-order valence-electron chi connectivity index (χ1n) is 3.43. The summed E-state index contributed by atoms with van der Waals surface area (Å²) >= 11 is 0. The molecule has 0 aliphatic rings. The molecular formula is C8H9N2O+. The Morgan fingerprint density at radius 2 is 2.45 bits per heavy atom. The van der Waals surface area contributed by atoms with Gasteiger partial charge in [-0.15, -0.1) is 0 Å². The molecule has 0 atom stereocenters. The van der Waals surface area contributed by atoms with E-state index in [1.54, 1.807) is 7.11 Å². The molecule has 0 fully saturated rings. The minimum Gasteiger partial charge on any atom is -0.448 e. The first kappa shape index (κ1) is 6.22. The van der Waals surface area contributed by atoms with Crippen molar-refractivity contribution in [3.05, 3.63) is 24.5 Å². The predicted molar refractivity (Wildman–Crippen MR) is 41.4 cm³/mol. The minimum absolute atomic E-state index is 0.764. The third-order valence-corrected chi connectivity index (χ3v) is 1.68.